The van der Waals surface area contributed by atoms with Crippen LogP contribution in [-0.4, -0.2) is 13.2 Å². The highest BCUT2D eigenvalue weighted by Crippen LogP contribution is 2.39. The zero-order chi connectivity index (χ0) is 13.2. The second-order valence-electron chi connectivity index (χ2n) is 4.83. The average Bonchev–Trinajstić information content (AvgIpc) is 3.14. The first-order valence-corrected chi connectivity index (χ1v) is 7.39. The van der Waals surface area contributed by atoms with Crippen molar-refractivity contribution in [3.8, 4) is 5.75 Å². The van der Waals surface area contributed by atoms with Crippen LogP contribution in [0.25, 0.3) is 0 Å². The van der Waals surface area contributed by atoms with Crippen molar-refractivity contribution in [3.63, 3.8) is 0 Å². The molecule has 0 saturated heterocycles. The SMILES string of the molecule is COc1cccc(N(Cc2cccs2)C2CC2)c1N. The molecule has 0 aliphatic heterocycles. The van der Waals surface area contributed by atoms with Crippen molar-refractivity contribution < 1.29 is 4.74 Å². The molecule has 1 heterocycles. The molecule has 0 unspecified atom stereocenters. The molecule has 0 atom stereocenters. The molecule has 3 rings (SSSR count). The molecule has 1 aliphatic rings. The fraction of sp³-hybridized carbons (Fsp3) is 0.333. The third-order valence-electron chi connectivity index (χ3n) is 3.47. The molecule has 1 aromatic carbocycles. The molecule has 2 N–H and O–H groups in total. The molecule has 4 heteroatoms. The van der Waals surface area contributed by atoms with Crippen LogP contribution in [0, 0.1) is 0 Å². The molecule has 1 aliphatic carbocycles. The Bertz CT molecular complexity index is 549. The normalized spacial score (nSPS) is 14.4. The second kappa shape index (κ2) is 5.13. The van der Waals surface area contributed by atoms with Crippen molar-refractivity contribution in [3.05, 3.63) is 40.6 Å². The van der Waals surface area contributed by atoms with Crippen LogP contribution >= 0.6 is 11.3 Å². The van der Waals surface area contributed by atoms with Crippen LogP contribution in [0.2, 0.25) is 0 Å². The number of rotatable bonds is 5. The summed E-state index contributed by atoms with van der Waals surface area (Å²) in [7, 11) is 1.66. The lowest BCUT2D eigenvalue weighted by Gasteiger charge is -2.26. The fourth-order valence-electron chi connectivity index (χ4n) is 2.33. The number of methoxy groups -OCH3 is 1. The van der Waals surface area contributed by atoms with Gasteiger partial charge in [0.2, 0.25) is 0 Å². The Kier molecular flexibility index (Phi) is 3.34. The summed E-state index contributed by atoms with van der Waals surface area (Å²) in [4.78, 5) is 3.78. The van der Waals surface area contributed by atoms with Gasteiger partial charge in [0, 0.05) is 10.9 Å². The molecule has 1 saturated carbocycles. The number of benzene rings is 1. The van der Waals surface area contributed by atoms with E-state index in [2.05, 4.69) is 28.5 Å². The Balaban J connectivity index is 1.92. The van der Waals surface area contributed by atoms with E-state index in [4.69, 9.17) is 10.5 Å². The molecule has 2 aromatic rings. The van der Waals surface area contributed by atoms with Gasteiger partial charge < -0.3 is 15.4 Å². The Hall–Kier alpha value is -1.68. The first kappa shape index (κ1) is 12.4. The monoisotopic (exact) mass is 274 g/mol. The lowest BCUT2D eigenvalue weighted by Crippen LogP contribution is -2.25. The number of anilines is 2. The maximum Gasteiger partial charge on any atom is 0.143 e. The molecular formula is C15H18N2OS. The van der Waals surface area contributed by atoms with Gasteiger partial charge in [0.1, 0.15) is 5.75 Å². The number of ether oxygens (including phenoxy) is 1. The first-order chi connectivity index (χ1) is 9.29. The first-order valence-electron chi connectivity index (χ1n) is 6.51. The topological polar surface area (TPSA) is 38.5 Å². The van der Waals surface area contributed by atoms with Crippen LogP contribution in [0.1, 0.15) is 17.7 Å². The lowest BCUT2D eigenvalue weighted by molar-refractivity contribution is 0.417. The maximum atomic E-state index is 6.23. The quantitative estimate of drug-likeness (QED) is 0.848. The number of nitrogens with two attached hydrogens (primary N) is 1. The number of nitrogen functional groups attached to an aromatic ring is 1. The van der Waals surface area contributed by atoms with Gasteiger partial charge in [-0.2, -0.15) is 0 Å². The lowest BCUT2D eigenvalue weighted by atomic mass is 10.2. The Morgan fingerprint density at radius 3 is 2.79 bits per heavy atom. The van der Waals surface area contributed by atoms with E-state index in [0.717, 1.165) is 23.7 Å². The molecule has 0 radical (unpaired) electrons. The van der Waals surface area contributed by atoms with Crippen molar-refractivity contribution in [1.82, 2.24) is 0 Å². The van der Waals surface area contributed by atoms with E-state index >= 15 is 0 Å². The smallest absolute Gasteiger partial charge is 0.143 e. The molecule has 19 heavy (non-hydrogen) atoms. The number of hydrogen-bond acceptors (Lipinski definition) is 4. The predicted molar refractivity (Wildman–Crippen MR) is 80.9 cm³/mol. The summed E-state index contributed by atoms with van der Waals surface area (Å²) in [5, 5.41) is 2.12. The predicted octanol–water partition coefficient (Wildman–Crippen LogP) is 3.51. The van der Waals surface area contributed by atoms with Crippen LogP contribution in [0.15, 0.2) is 35.7 Å². The van der Waals surface area contributed by atoms with Gasteiger partial charge in [-0.25, -0.2) is 0 Å². The minimum atomic E-state index is 0.622. The Morgan fingerprint density at radius 1 is 1.32 bits per heavy atom. The summed E-state index contributed by atoms with van der Waals surface area (Å²) < 4.78 is 5.32. The summed E-state index contributed by atoms with van der Waals surface area (Å²) >= 11 is 1.79. The standard InChI is InChI=1S/C15H18N2OS/c1-18-14-6-2-5-13(15(14)16)17(11-7-8-11)10-12-4-3-9-19-12/h2-6,9,11H,7-8,10,16H2,1H3. The highest BCUT2D eigenvalue weighted by atomic mass is 32.1. The largest absolute Gasteiger partial charge is 0.495 e. The van der Waals surface area contributed by atoms with E-state index < -0.39 is 0 Å². The second-order valence-corrected chi connectivity index (χ2v) is 5.86. The van der Waals surface area contributed by atoms with Crippen LogP contribution in [0.5, 0.6) is 5.75 Å². The molecule has 0 spiro atoms. The maximum absolute atomic E-state index is 6.23. The highest BCUT2D eigenvalue weighted by molar-refractivity contribution is 7.09. The van der Waals surface area contributed by atoms with Gasteiger partial charge in [-0.05, 0) is 36.4 Å². The molecular weight excluding hydrogens is 256 g/mol. The van der Waals surface area contributed by atoms with E-state index in [9.17, 15) is 0 Å². The highest BCUT2D eigenvalue weighted by Gasteiger charge is 2.31. The third-order valence-corrected chi connectivity index (χ3v) is 4.33. The number of hydrogen-bond donors (Lipinski definition) is 1. The van der Waals surface area contributed by atoms with E-state index in [1.54, 1.807) is 18.4 Å². The average molecular weight is 274 g/mol. The third kappa shape index (κ3) is 2.54. The van der Waals surface area contributed by atoms with Crippen LogP contribution < -0.4 is 15.4 Å². The Labute approximate surface area is 117 Å². The Morgan fingerprint density at radius 2 is 2.16 bits per heavy atom. The van der Waals surface area contributed by atoms with Crippen LogP contribution in [0.4, 0.5) is 11.4 Å². The molecule has 0 amide bonds. The van der Waals surface area contributed by atoms with Gasteiger partial charge in [-0.3, -0.25) is 0 Å². The van der Waals surface area contributed by atoms with E-state index in [0.29, 0.717) is 6.04 Å². The van der Waals surface area contributed by atoms with Gasteiger partial charge in [0.15, 0.2) is 0 Å². The van der Waals surface area contributed by atoms with Gasteiger partial charge in [-0.1, -0.05) is 12.1 Å². The van der Waals surface area contributed by atoms with Crippen molar-refractivity contribution in [2.45, 2.75) is 25.4 Å². The summed E-state index contributed by atoms with van der Waals surface area (Å²) in [6, 6.07) is 10.9. The zero-order valence-corrected chi connectivity index (χ0v) is 11.8. The van der Waals surface area contributed by atoms with E-state index in [1.807, 2.05) is 12.1 Å². The van der Waals surface area contributed by atoms with Crippen molar-refractivity contribution in [2.24, 2.45) is 0 Å². The zero-order valence-electron chi connectivity index (χ0n) is 11.0. The van der Waals surface area contributed by atoms with E-state index in [1.165, 1.54) is 17.7 Å². The van der Waals surface area contributed by atoms with Gasteiger partial charge in [0.05, 0.1) is 25.0 Å². The summed E-state index contributed by atoms with van der Waals surface area (Å²) in [6.07, 6.45) is 2.50. The van der Waals surface area contributed by atoms with Crippen molar-refractivity contribution in [2.75, 3.05) is 17.7 Å². The summed E-state index contributed by atoms with van der Waals surface area (Å²) in [6.45, 7) is 0.930. The van der Waals surface area contributed by atoms with Crippen LogP contribution in [0.3, 0.4) is 0 Å². The van der Waals surface area contributed by atoms with Gasteiger partial charge >= 0.3 is 0 Å². The van der Waals surface area contributed by atoms with Crippen molar-refractivity contribution in [1.29, 1.82) is 0 Å². The molecule has 1 fully saturated rings. The van der Waals surface area contributed by atoms with Gasteiger partial charge in [0.25, 0.3) is 0 Å². The number of para-hydroxylation sites is 1. The summed E-state index contributed by atoms with van der Waals surface area (Å²) in [5.74, 6) is 0.759. The van der Waals surface area contributed by atoms with Crippen LogP contribution in [-0.2, 0) is 6.54 Å². The minimum Gasteiger partial charge on any atom is -0.495 e. The minimum absolute atomic E-state index is 0.622. The molecule has 3 nitrogen and oxygen atoms in total. The van der Waals surface area contributed by atoms with E-state index in [-0.39, 0.29) is 0 Å². The molecule has 1 aromatic heterocycles. The van der Waals surface area contributed by atoms with Crippen molar-refractivity contribution >= 4 is 22.7 Å². The molecule has 0 bridgehead atoms. The number of thiophene rings is 1. The van der Waals surface area contributed by atoms with Gasteiger partial charge in [-0.15, -0.1) is 11.3 Å². The summed E-state index contributed by atoms with van der Waals surface area (Å²) in [5.41, 5.74) is 8.06. The molecule has 100 valence electrons. The number of nitrogens with zero attached hydrogens (tertiary/aromatic N) is 1. The fourth-order valence-corrected chi connectivity index (χ4v) is 3.03.